The molecule has 1 radical (unpaired) electrons. The van der Waals surface area contributed by atoms with Crippen molar-refractivity contribution in [1.29, 1.82) is 0 Å². The lowest BCUT2D eigenvalue weighted by Gasteiger charge is -2.05. The van der Waals surface area contributed by atoms with Crippen LogP contribution in [0.3, 0.4) is 0 Å². The monoisotopic (exact) mass is 155 g/mol. The van der Waals surface area contributed by atoms with E-state index in [1.165, 1.54) is 19.3 Å². The van der Waals surface area contributed by atoms with Gasteiger partial charge in [0.1, 0.15) is 0 Å². The summed E-state index contributed by atoms with van der Waals surface area (Å²) in [6.45, 7) is 5.86. The summed E-state index contributed by atoms with van der Waals surface area (Å²) in [4.78, 5) is 0. The molecule has 0 aliphatic carbocycles. The van der Waals surface area contributed by atoms with Crippen LogP contribution in [0.1, 0.15) is 32.6 Å². The zero-order valence-electron chi connectivity index (χ0n) is 6.60. The van der Waals surface area contributed by atoms with Gasteiger partial charge < -0.3 is 0 Å². The fourth-order valence-corrected chi connectivity index (χ4v) is 1.09. The van der Waals surface area contributed by atoms with Gasteiger partial charge >= 0.3 is 0 Å². The van der Waals surface area contributed by atoms with Crippen LogP contribution in [0.15, 0.2) is 12.7 Å². The maximum atomic E-state index is 4.75. The van der Waals surface area contributed by atoms with Crippen molar-refractivity contribution in [3.8, 4) is 0 Å². The smallest absolute Gasteiger partial charge is 0.0328 e. The van der Waals surface area contributed by atoms with Crippen LogP contribution in [-0.4, -0.2) is 5.37 Å². The molecule has 0 amide bonds. The highest BCUT2D eigenvalue weighted by Crippen LogP contribution is 2.10. The summed E-state index contributed by atoms with van der Waals surface area (Å²) in [6, 6.07) is 0. The fourth-order valence-electron chi connectivity index (χ4n) is 0.877. The average Bonchev–Trinajstić information content (AvgIpc) is 1.98. The molecule has 0 saturated heterocycles. The largest absolute Gasteiger partial charge is 0.103 e. The van der Waals surface area contributed by atoms with E-state index in [-0.39, 0.29) is 0 Å². The number of hydrogen-bond acceptors (Lipinski definition) is 1. The van der Waals surface area contributed by atoms with Crippen molar-refractivity contribution in [2.24, 2.45) is 5.92 Å². The molecule has 0 spiro atoms. The molecular weight excluding hydrogens is 140 g/mol. The molecule has 1 heteroatoms. The highest BCUT2D eigenvalue weighted by molar-refractivity contribution is 7.79. The number of hydrogen-bond donors (Lipinski definition) is 0. The number of unbranched alkanes of at least 4 members (excludes halogenated alkanes) is 1. The molecule has 1 atom stereocenters. The Bertz CT molecular complexity index is 96.9. The molecule has 0 aromatic rings. The number of rotatable bonds is 6. The normalized spacial score (nSPS) is 12.5. The molecule has 0 aliphatic heterocycles. The van der Waals surface area contributed by atoms with Crippen LogP contribution in [0.25, 0.3) is 0 Å². The highest BCUT2D eigenvalue weighted by Gasteiger charge is 2.00. The van der Waals surface area contributed by atoms with E-state index in [1.807, 2.05) is 6.08 Å². The van der Waals surface area contributed by atoms with E-state index in [2.05, 4.69) is 18.9 Å². The molecule has 0 aromatic carbocycles. The van der Waals surface area contributed by atoms with Crippen molar-refractivity contribution < 1.29 is 0 Å². The second-order valence-corrected chi connectivity index (χ2v) is 2.72. The van der Waals surface area contributed by atoms with Crippen LogP contribution < -0.4 is 0 Å². The summed E-state index contributed by atoms with van der Waals surface area (Å²) in [5.41, 5.74) is 0. The predicted octanol–water partition coefficient (Wildman–Crippen LogP) is 3.25. The fraction of sp³-hybridized carbons (Fsp3) is 0.667. The van der Waals surface area contributed by atoms with Gasteiger partial charge in [-0.05, 0) is 18.8 Å². The van der Waals surface area contributed by atoms with E-state index in [4.69, 9.17) is 12.2 Å². The Morgan fingerprint density at radius 1 is 1.70 bits per heavy atom. The molecular formula is C9H15S. The van der Waals surface area contributed by atoms with E-state index in [9.17, 15) is 0 Å². The summed E-state index contributed by atoms with van der Waals surface area (Å²) in [6.07, 6.45) is 6.57. The van der Waals surface area contributed by atoms with Gasteiger partial charge in [0.15, 0.2) is 0 Å². The second kappa shape index (κ2) is 6.94. The molecule has 0 rings (SSSR count). The van der Waals surface area contributed by atoms with Crippen molar-refractivity contribution in [3.05, 3.63) is 12.7 Å². The zero-order valence-corrected chi connectivity index (χ0v) is 7.41. The number of thiocarbonyl (C=S) groups is 1. The van der Waals surface area contributed by atoms with Gasteiger partial charge in [-0.25, -0.2) is 0 Å². The minimum absolute atomic E-state index is 0.465. The van der Waals surface area contributed by atoms with Gasteiger partial charge in [-0.1, -0.05) is 38.1 Å². The molecule has 0 aliphatic rings. The zero-order chi connectivity index (χ0) is 7.82. The van der Waals surface area contributed by atoms with Gasteiger partial charge in [0.05, 0.1) is 0 Å². The average molecular weight is 155 g/mol. The van der Waals surface area contributed by atoms with E-state index in [1.54, 1.807) is 0 Å². The Labute approximate surface area is 69.3 Å². The molecule has 0 heterocycles. The molecule has 0 N–H and O–H groups in total. The van der Waals surface area contributed by atoms with Gasteiger partial charge in [0.25, 0.3) is 0 Å². The number of allylic oxidation sites excluding steroid dienone is 1. The SMILES string of the molecule is C=CCC([C]=S)CCCC. The highest BCUT2D eigenvalue weighted by atomic mass is 32.1. The van der Waals surface area contributed by atoms with Gasteiger partial charge in [-0.3, -0.25) is 0 Å². The maximum Gasteiger partial charge on any atom is 0.0328 e. The first-order chi connectivity index (χ1) is 4.85. The maximum absolute atomic E-state index is 4.75. The summed E-state index contributed by atoms with van der Waals surface area (Å²) in [5.74, 6) is 0.465. The standard InChI is InChI=1S/C9H15S/c1-3-5-7-9(8-10)6-4-2/h4,9H,2-3,5-7H2,1H3. The van der Waals surface area contributed by atoms with Crippen LogP contribution in [0.2, 0.25) is 0 Å². The van der Waals surface area contributed by atoms with Gasteiger partial charge in [-0.2, -0.15) is 0 Å². The van der Waals surface area contributed by atoms with Crippen molar-refractivity contribution in [2.45, 2.75) is 32.6 Å². The summed E-state index contributed by atoms with van der Waals surface area (Å²) < 4.78 is 0. The van der Waals surface area contributed by atoms with E-state index in [0.717, 1.165) is 6.42 Å². The quantitative estimate of drug-likeness (QED) is 0.419. The van der Waals surface area contributed by atoms with Crippen LogP contribution >= 0.6 is 12.2 Å². The Hall–Kier alpha value is -0.170. The van der Waals surface area contributed by atoms with Crippen molar-refractivity contribution >= 4 is 17.6 Å². The van der Waals surface area contributed by atoms with Crippen LogP contribution in [0.5, 0.6) is 0 Å². The summed E-state index contributed by atoms with van der Waals surface area (Å²) >= 11 is 4.75. The van der Waals surface area contributed by atoms with Gasteiger partial charge in [0, 0.05) is 5.37 Å². The minimum Gasteiger partial charge on any atom is -0.103 e. The first-order valence-electron chi connectivity index (χ1n) is 3.83. The van der Waals surface area contributed by atoms with Crippen molar-refractivity contribution in [2.75, 3.05) is 0 Å². The minimum atomic E-state index is 0.465. The molecule has 10 heavy (non-hydrogen) atoms. The van der Waals surface area contributed by atoms with E-state index in [0.29, 0.717) is 5.92 Å². The third-order valence-electron chi connectivity index (χ3n) is 1.52. The Morgan fingerprint density at radius 2 is 2.40 bits per heavy atom. The summed E-state index contributed by atoms with van der Waals surface area (Å²) in [7, 11) is 0. The molecule has 0 saturated carbocycles. The van der Waals surface area contributed by atoms with Crippen molar-refractivity contribution in [3.63, 3.8) is 0 Å². The second-order valence-electron chi connectivity index (χ2n) is 2.48. The topological polar surface area (TPSA) is 0 Å². The van der Waals surface area contributed by atoms with Crippen molar-refractivity contribution in [1.82, 2.24) is 0 Å². The lowest BCUT2D eigenvalue weighted by atomic mass is 10.0. The van der Waals surface area contributed by atoms with Crippen LogP contribution in [0.4, 0.5) is 0 Å². The van der Waals surface area contributed by atoms with E-state index >= 15 is 0 Å². The first-order valence-corrected chi connectivity index (χ1v) is 4.24. The Balaban J connectivity index is 3.38. The molecule has 57 valence electrons. The van der Waals surface area contributed by atoms with Crippen LogP contribution in [-0.2, 0) is 0 Å². The van der Waals surface area contributed by atoms with Gasteiger partial charge in [-0.15, -0.1) is 6.58 Å². The van der Waals surface area contributed by atoms with Crippen LogP contribution in [0, 0.1) is 5.92 Å². The summed E-state index contributed by atoms with van der Waals surface area (Å²) in [5, 5.41) is 2.85. The molecule has 0 nitrogen and oxygen atoms in total. The lowest BCUT2D eigenvalue weighted by Crippen LogP contribution is -1.98. The molecule has 0 aromatic heterocycles. The Kier molecular flexibility index (Phi) is 6.83. The third kappa shape index (κ3) is 4.68. The molecule has 1 unspecified atom stereocenters. The van der Waals surface area contributed by atoms with E-state index < -0.39 is 0 Å². The first kappa shape index (κ1) is 9.83. The predicted molar refractivity (Wildman–Crippen MR) is 50.4 cm³/mol. The van der Waals surface area contributed by atoms with Gasteiger partial charge in [0.2, 0.25) is 0 Å². The molecule has 0 bridgehead atoms. The molecule has 0 fully saturated rings. The third-order valence-corrected chi connectivity index (χ3v) is 1.86. The Morgan fingerprint density at radius 3 is 2.80 bits per heavy atom. The lowest BCUT2D eigenvalue weighted by molar-refractivity contribution is 0.602.